The summed E-state index contributed by atoms with van der Waals surface area (Å²) in [4.78, 5) is 59.3. The number of imidazole rings is 2. The van der Waals surface area contributed by atoms with E-state index in [2.05, 4.69) is 87.9 Å². The number of amides is 3. The first kappa shape index (κ1) is 39.2. The lowest BCUT2D eigenvalue weighted by molar-refractivity contribution is -0.136. The van der Waals surface area contributed by atoms with Gasteiger partial charge in [0.1, 0.15) is 23.3 Å². The molecule has 1 aliphatic heterocycles. The molecule has 304 valence electrons. The van der Waals surface area contributed by atoms with Crippen molar-refractivity contribution in [3.63, 3.8) is 0 Å². The third kappa shape index (κ3) is 8.19. The number of aromatic amines is 2. The van der Waals surface area contributed by atoms with E-state index in [0.717, 1.165) is 82.3 Å². The van der Waals surface area contributed by atoms with Crippen molar-refractivity contribution < 1.29 is 23.9 Å². The zero-order chi connectivity index (χ0) is 40.9. The maximum absolute atomic E-state index is 13.8. The molecule has 0 radical (unpaired) electrons. The van der Waals surface area contributed by atoms with E-state index in [1.165, 1.54) is 7.11 Å². The van der Waals surface area contributed by atoms with E-state index in [9.17, 15) is 14.4 Å². The molecular weight excluding hydrogens is 731 g/mol. The van der Waals surface area contributed by atoms with E-state index in [1.54, 1.807) is 0 Å². The van der Waals surface area contributed by atoms with Gasteiger partial charge in [0.05, 0.1) is 43.5 Å². The summed E-state index contributed by atoms with van der Waals surface area (Å²) in [6.45, 7) is 12.7. The number of alkyl carbamates (subject to hydrolysis) is 1. The second-order valence-corrected chi connectivity index (χ2v) is 18.2. The molecule has 4 unspecified atom stereocenters. The van der Waals surface area contributed by atoms with Gasteiger partial charge in [-0.3, -0.25) is 9.69 Å². The molecule has 3 N–H and O–H groups in total. The van der Waals surface area contributed by atoms with Crippen molar-refractivity contribution in [3.8, 4) is 33.6 Å². The summed E-state index contributed by atoms with van der Waals surface area (Å²) in [5.74, 6) is 1.64. The highest BCUT2D eigenvalue weighted by Gasteiger charge is 2.51. The van der Waals surface area contributed by atoms with Gasteiger partial charge in [0.15, 0.2) is 0 Å². The second-order valence-electron chi connectivity index (χ2n) is 18.2. The Kier molecular flexibility index (Phi) is 10.3. The van der Waals surface area contributed by atoms with E-state index in [-0.39, 0.29) is 35.4 Å². The van der Waals surface area contributed by atoms with Crippen molar-refractivity contribution in [2.75, 3.05) is 13.7 Å². The fraction of sp³-hybridized carbons (Fsp3) is 0.457. The number of nitrogens with one attached hydrogen (secondary N) is 3. The van der Waals surface area contributed by atoms with Crippen LogP contribution in [0.5, 0.6) is 0 Å². The van der Waals surface area contributed by atoms with Crippen LogP contribution in [0.4, 0.5) is 9.59 Å². The number of aromatic nitrogens is 4. The second kappa shape index (κ2) is 15.3. The molecule has 3 fully saturated rings. The SMILES string of the molecule is COC(=O)NC(C(=O)N(Cc1ncc(-c2ccc3cc(-c4ccc(-c5cnc(C6C7CCC(C7)N6C(=O)OC(C)(C)C)[nH]5)cc4)ccc3c2)[nH]1)CC1(C)CC1)C(C)C. The van der Waals surface area contributed by atoms with Crippen molar-refractivity contribution >= 4 is 28.9 Å². The van der Waals surface area contributed by atoms with E-state index >= 15 is 0 Å². The summed E-state index contributed by atoms with van der Waals surface area (Å²) in [6.07, 6.45) is 8.04. The minimum atomic E-state index is -0.700. The van der Waals surface area contributed by atoms with Crippen LogP contribution in [0.2, 0.25) is 0 Å². The highest BCUT2D eigenvalue weighted by atomic mass is 16.6. The molecule has 0 spiro atoms. The molecule has 3 amide bonds. The predicted molar refractivity (Wildman–Crippen MR) is 223 cm³/mol. The number of carbonyl (C=O) groups excluding carboxylic acids is 3. The highest BCUT2D eigenvalue weighted by molar-refractivity contribution is 5.91. The van der Waals surface area contributed by atoms with Gasteiger partial charge < -0.3 is 29.7 Å². The number of fused-ring (bicyclic) bond motifs is 3. The average molecular weight is 786 g/mol. The fourth-order valence-corrected chi connectivity index (χ4v) is 8.70. The molecule has 3 aromatic carbocycles. The number of likely N-dealkylation sites (tertiary alicyclic amines) is 1. The van der Waals surface area contributed by atoms with Crippen molar-refractivity contribution in [1.29, 1.82) is 0 Å². The zero-order valence-corrected chi connectivity index (χ0v) is 34.6. The lowest BCUT2D eigenvalue weighted by Crippen LogP contribution is -2.52. The molecule has 3 heterocycles. The predicted octanol–water partition coefficient (Wildman–Crippen LogP) is 9.26. The summed E-state index contributed by atoms with van der Waals surface area (Å²) in [5, 5.41) is 4.96. The Hall–Kier alpha value is -5.65. The van der Waals surface area contributed by atoms with Gasteiger partial charge in [-0.15, -0.1) is 0 Å². The van der Waals surface area contributed by atoms with Crippen LogP contribution in [0.25, 0.3) is 44.4 Å². The van der Waals surface area contributed by atoms with Gasteiger partial charge in [-0.05, 0) is 110 Å². The molecule has 2 aromatic heterocycles. The van der Waals surface area contributed by atoms with Crippen LogP contribution in [0, 0.1) is 17.3 Å². The van der Waals surface area contributed by atoms with E-state index in [0.29, 0.717) is 24.8 Å². The Bertz CT molecular complexity index is 2320. The van der Waals surface area contributed by atoms with Gasteiger partial charge in [-0.1, -0.05) is 69.3 Å². The number of hydrogen-bond acceptors (Lipinski definition) is 7. The molecular formula is C46H55N7O5. The first-order valence-corrected chi connectivity index (χ1v) is 20.6. The van der Waals surface area contributed by atoms with Crippen LogP contribution in [0.15, 0.2) is 73.1 Å². The van der Waals surface area contributed by atoms with Gasteiger partial charge in [0.2, 0.25) is 5.91 Å². The first-order valence-electron chi connectivity index (χ1n) is 20.6. The monoisotopic (exact) mass is 785 g/mol. The standard InChI is InChI=1S/C46H55N7O5/c1-27(2)39(51-43(55)57-7)42(54)52(26-46(6)18-19-46)25-38-47-23-37(49-38)33-15-14-31-20-30(12-13-32(31)21-33)28-8-10-29(11-9-28)36-24-48-41(50-36)40-34-16-17-35(22-34)53(40)44(56)58-45(3,4)5/h8-15,20-21,23-24,27,34-35,39-40H,16-19,22,25-26H2,1-7H3,(H,47,49)(H,48,50)(H,51,55). The molecule has 1 saturated heterocycles. The third-order valence-electron chi connectivity index (χ3n) is 12.1. The van der Waals surface area contributed by atoms with Crippen LogP contribution in [0.3, 0.4) is 0 Å². The third-order valence-corrected chi connectivity index (χ3v) is 12.1. The Morgan fingerprint density at radius 3 is 2.21 bits per heavy atom. The lowest BCUT2D eigenvalue weighted by atomic mass is 9.98. The van der Waals surface area contributed by atoms with Crippen LogP contribution < -0.4 is 5.32 Å². The molecule has 2 saturated carbocycles. The number of carbonyl (C=O) groups is 3. The number of nitrogens with zero attached hydrogens (tertiary/aromatic N) is 4. The molecule has 12 heteroatoms. The Balaban J connectivity index is 0.951. The van der Waals surface area contributed by atoms with Gasteiger partial charge in [0.25, 0.3) is 0 Å². The number of hydrogen-bond donors (Lipinski definition) is 3. The van der Waals surface area contributed by atoms with Crippen LogP contribution in [-0.2, 0) is 20.8 Å². The number of methoxy groups -OCH3 is 1. The molecule has 3 aliphatic rings. The van der Waals surface area contributed by atoms with Crippen LogP contribution >= 0.6 is 0 Å². The van der Waals surface area contributed by atoms with Gasteiger partial charge in [-0.2, -0.15) is 0 Å². The summed E-state index contributed by atoms with van der Waals surface area (Å²) < 4.78 is 10.6. The quantitative estimate of drug-likeness (QED) is 0.121. The topological polar surface area (TPSA) is 146 Å². The Labute approximate surface area is 340 Å². The van der Waals surface area contributed by atoms with Crippen molar-refractivity contribution in [2.45, 2.75) is 104 Å². The number of H-pyrrole nitrogens is 2. The van der Waals surface area contributed by atoms with Gasteiger partial charge in [-0.25, -0.2) is 19.6 Å². The number of piperidine rings is 1. The number of ether oxygens (including phenoxy) is 2. The van der Waals surface area contributed by atoms with E-state index in [1.807, 2.05) is 56.8 Å². The minimum absolute atomic E-state index is 0.0734. The van der Waals surface area contributed by atoms with Crippen LogP contribution in [0.1, 0.15) is 91.3 Å². The minimum Gasteiger partial charge on any atom is -0.453 e. The van der Waals surface area contributed by atoms with Crippen molar-refractivity contribution in [1.82, 2.24) is 35.1 Å². The average Bonchev–Trinajstić information content (AvgIpc) is 3.74. The lowest BCUT2D eigenvalue weighted by Gasteiger charge is -2.35. The molecule has 58 heavy (non-hydrogen) atoms. The molecule has 8 rings (SSSR count). The number of benzene rings is 3. The fourth-order valence-electron chi connectivity index (χ4n) is 8.70. The molecule has 2 bridgehead atoms. The Morgan fingerprint density at radius 2 is 1.53 bits per heavy atom. The van der Waals surface area contributed by atoms with Crippen molar-refractivity contribution in [2.24, 2.45) is 17.3 Å². The molecule has 12 nitrogen and oxygen atoms in total. The smallest absolute Gasteiger partial charge is 0.411 e. The normalized spacial score (nSPS) is 20.0. The molecule has 2 aliphatic carbocycles. The van der Waals surface area contributed by atoms with Crippen molar-refractivity contribution in [3.05, 3.63) is 84.7 Å². The first-order chi connectivity index (χ1) is 27.7. The number of rotatable bonds is 11. The van der Waals surface area contributed by atoms with E-state index < -0.39 is 17.7 Å². The Morgan fingerprint density at radius 1 is 0.897 bits per heavy atom. The molecule has 5 aromatic rings. The maximum atomic E-state index is 13.8. The van der Waals surface area contributed by atoms with E-state index in [4.69, 9.17) is 14.5 Å². The highest BCUT2D eigenvalue weighted by Crippen LogP contribution is 2.50. The summed E-state index contributed by atoms with van der Waals surface area (Å²) in [6, 6.07) is 20.7. The summed E-state index contributed by atoms with van der Waals surface area (Å²) in [7, 11) is 1.30. The van der Waals surface area contributed by atoms with Gasteiger partial charge >= 0.3 is 12.2 Å². The summed E-state index contributed by atoms with van der Waals surface area (Å²) >= 11 is 0. The van der Waals surface area contributed by atoms with Crippen LogP contribution in [-0.4, -0.2) is 79.2 Å². The van der Waals surface area contributed by atoms with Gasteiger partial charge in [0, 0.05) is 18.2 Å². The zero-order valence-electron chi connectivity index (χ0n) is 34.6. The largest absolute Gasteiger partial charge is 0.453 e. The molecule has 4 atom stereocenters. The maximum Gasteiger partial charge on any atom is 0.411 e. The summed E-state index contributed by atoms with van der Waals surface area (Å²) in [5.41, 5.74) is 5.58.